The fourth-order valence-corrected chi connectivity index (χ4v) is 3.44. The van der Waals surface area contributed by atoms with E-state index >= 15 is 0 Å². The molecule has 7 heteroatoms. The van der Waals surface area contributed by atoms with Crippen LogP contribution in [0.3, 0.4) is 0 Å². The van der Waals surface area contributed by atoms with Crippen molar-refractivity contribution in [3.8, 4) is 11.1 Å². The molecule has 0 aromatic heterocycles. The first-order chi connectivity index (χ1) is 12.8. The topological polar surface area (TPSA) is 86.7 Å². The minimum atomic E-state index is -0.971. The van der Waals surface area contributed by atoms with Crippen LogP contribution in [0, 0.1) is 6.92 Å². The Balaban J connectivity index is 1.86. The number of rotatable bonds is 4. The first-order valence-electron chi connectivity index (χ1n) is 8.22. The molecule has 3 rings (SSSR count). The molecule has 138 valence electrons. The Morgan fingerprint density at radius 3 is 2.56 bits per heavy atom. The predicted molar refractivity (Wildman–Crippen MR) is 105 cm³/mol. The van der Waals surface area contributed by atoms with Crippen molar-refractivity contribution < 1.29 is 19.5 Å². The number of hydrogen-bond acceptors (Lipinski definition) is 4. The number of nitrogens with zero attached hydrogens (tertiary/aromatic N) is 1. The molecule has 0 saturated carbocycles. The molecule has 1 saturated heterocycles. The molecule has 6 nitrogen and oxygen atoms in total. The van der Waals surface area contributed by atoms with Gasteiger partial charge in [0, 0.05) is 13.6 Å². The molecule has 2 N–H and O–H groups in total. The van der Waals surface area contributed by atoms with Crippen LogP contribution in [0.25, 0.3) is 17.2 Å². The van der Waals surface area contributed by atoms with Gasteiger partial charge in [-0.3, -0.25) is 14.9 Å². The molecule has 2 aromatic carbocycles. The van der Waals surface area contributed by atoms with Crippen LogP contribution in [-0.2, 0) is 11.3 Å². The van der Waals surface area contributed by atoms with Crippen LogP contribution in [-0.4, -0.2) is 34.3 Å². The molecule has 0 unspecified atom stereocenters. The fraction of sp³-hybridized carbons (Fsp3) is 0.150. The van der Waals surface area contributed by atoms with Gasteiger partial charge in [-0.25, -0.2) is 4.79 Å². The van der Waals surface area contributed by atoms with Crippen molar-refractivity contribution in [2.45, 2.75) is 13.5 Å². The lowest BCUT2D eigenvalue weighted by atomic mass is 9.98. The summed E-state index contributed by atoms with van der Waals surface area (Å²) in [7, 11) is 1.53. The van der Waals surface area contributed by atoms with Gasteiger partial charge in [-0.2, -0.15) is 0 Å². The first kappa shape index (κ1) is 18.7. The van der Waals surface area contributed by atoms with E-state index in [-0.39, 0.29) is 11.1 Å². The molecule has 2 aromatic rings. The summed E-state index contributed by atoms with van der Waals surface area (Å²) >= 11 is 0.897. The lowest BCUT2D eigenvalue weighted by Crippen LogP contribution is -2.23. The number of amides is 3. The molecule has 0 bridgehead atoms. The third-order valence-corrected chi connectivity index (χ3v) is 5.02. The van der Waals surface area contributed by atoms with E-state index in [0.717, 1.165) is 39.6 Å². The summed E-state index contributed by atoms with van der Waals surface area (Å²) in [4.78, 5) is 35.6. The van der Waals surface area contributed by atoms with Gasteiger partial charge in [0.05, 0.1) is 4.91 Å². The Bertz CT molecular complexity index is 968. The molecular formula is C20H18N2O4S. The van der Waals surface area contributed by atoms with E-state index in [2.05, 4.69) is 5.32 Å². The number of carbonyl (C=O) groups excluding carboxylic acids is 2. The maximum atomic E-state index is 11.7. The molecule has 0 spiro atoms. The average molecular weight is 382 g/mol. The quantitative estimate of drug-likeness (QED) is 0.778. The molecule has 1 heterocycles. The minimum Gasteiger partial charge on any atom is -0.465 e. The summed E-state index contributed by atoms with van der Waals surface area (Å²) in [6, 6.07) is 13.6. The van der Waals surface area contributed by atoms with Crippen LogP contribution in [0.4, 0.5) is 9.59 Å². The average Bonchev–Trinajstić information content (AvgIpc) is 2.94. The summed E-state index contributed by atoms with van der Waals surface area (Å²) in [6.07, 6.45) is 0.739. The van der Waals surface area contributed by atoms with Crippen molar-refractivity contribution >= 4 is 35.1 Å². The lowest BCUT2D eigenvalue weighted by molar-refractivity contribution is -0.115. The standard InChI is InChI=1S/C20H18N2O4S/c1-12-8-16(7-6-14(12)10-17-18(23)21-19(24)27-17)15-5-3-4-13(9-15)11-22(2)20(25)26/h3-10H,11H2,1-2H3,(H,25,26)(H,21,23,24). The van der Waals surface area contributed by atoms with Gasteiger partial charge in [-0.15, -0.1) is 0 Å². The highest BCUT2D eigenvalue weighted by Gasteiger charge is 2.25. The number of carboxylic acid groups (broad SMARTS) is 1. The van der Waals surface area contributed by atoms with E-state index in [1.165, 1.54) is 11.9 Å². The Hall–Kier alpha value is -3.06. The van der Waals surface area contributed by atoms with E-state index in [1.54, 1.807) is 6.08 Å². The van der Waals surface area contributed by atoms with Crippen LogP contribution in [0.2, 0.25) is 0 Å². The Morgan fingerprint density at radius 1 is 1.19 bits per heavy atom. The zero-order valence-corrected chi connectivity index (χ0v) is 15.7. The van der Waals surface area contributed by atoms with E-state index in [9.17, 15) is 14.4 Å². The van der Waals surface area contributed by atoms with Gasteiger partial charge in [-0.05, 0) is 58.6 Å². The predicted octanol–water partition coefficient (Wildman–Crippen LogP) is 4.10. The normalized spacial score (nSPS) is 15.1. The molecule has 1 aliphatic heterocycles. The van der Waals surface area contributed by atoms with Gasteiger partial charge in [0.25, 0.3) is 11.1 Å². The monoisotopic (exact) mass is 382 g/mol. The third kappa shape index (κ3) is 4.38. The number of carbonyl (C=O) groups is 3. The van der Waals surface area contributed by atoms with Crippen molar-refractivity contribution in [3.63, 3.8) is 0 Å². The fourth-order valence-electron chi connectivity index (χ4n) is 2.77. The SMILES string of the molecule is Cc1cc(-c2cccc(CN(C)C(=O)O)c2)ccc1C=C1SC(=O)NC1=O. The van der Waals surface area contributed by atoms with Crippen LogP contribution < -0.4 is 5.32 Å². The van der Waals surface area contributed by atoms with Gasteiger partial charge in [0.15, 0.2) is 0 Å². The van der Waals surface area contributed by atoms with Crippen molar-refractivity contribution in [1.82, 2.24) is 10.2 Å². The summed E-state index contributed by atoms with van der Waals surface area (Å²) in [5, 5.41) is 10.9. The van der Waals surface area contributed by atoms with E-state index < -0.39 is 6.09 Å². The highest BCUT2D eigenvalue weighted by molar-refractivity contribution is 8.18. The molecule has 3 amide bonds. The largest absolute Gasteiger partial charge is 0.465 e. The second-order valence-electron chi connectivity index (χ2n) is 6.26. The number of thioether (sulfide) groups is 1. The molecule has 0 atom stereocenters. The molecular weight excluding hydrogens is 364 g/mol. The summed E-state index contributed by atoms with van der Waals surface area (Å²) in [5.74, 6) is -0.372. The Labute approximate surface area is 160 Å². The Kier molecular flexibility index (Phi) is 5.32. The second kappa shape index (κ2) is 7.67. The van der Waals surface area contributed by atoms with E-state index in [1.807, 2.05) is 49.4 Å². The molecule has 1 aliphatic rings. The third-order valence-electron chi connectivity index (χ3n) is 4.21. The summed E-state index contributed by atoms with van der Waals surface area (Å²) in [5.41, 5.74) is 4.72. The Morgan fingerprint density at radius 2 is 1.93 bits per heavy atom. The number of benzene rings is 2. The van der Waals surface area contributed by atoms with Gasteiger partial charge >= 0.3 is 6.09 Å². The van der Waals surface area contributed by atoms with Gasteiger partial charge in [-0.1, -0.05) is 36.4 Å². The highest BCUT2D eigenvalue weighted by atomic mass is 32.2. The first-order valence-corrected chi connectivity index (χ1v) is 9.04. The maximum Gasteiger partial charge on any atom is 0.407 e. The molecule has 0 aliphatic carbocycles. The van der Waals surface area contributed by atoms with Crippen LogP contribution >= 0.6 is 11.8 Å². The van der Waals surface area contributed by atoms with Gasteiger partial charge in [0.2, 0.25) is 0 Å². The smallest absolute Gasteiger partial charge is 0.407 e. The van der Waals surface area contributed by atoms with Crippen molar-refractivity contribution in [1.29, 1.82) is 0 Å². The van der Waals surface area contributed by atoms with E-state index in [4.69, 9.17) is 5.11 Å². The highest BCUT2D eigenvalue weighted by Crippen LogP contribution is 2.29. The molecule has 27 heavy (non-hydrogen) atoms. The number of aryl methyl sites for hydroxylation is 1. The second-order valence-corrected chi connectivity index (χ2v) is 7.28. The van der Waals surface area contributed by atoms with Crippen molar-refractivity contribution in [2.75, 3.05) is 7.05 Å². The minimum absolute atomic E-state index is 0.312. The van der Waals surface area contributed by atoms with Crippen LogP contribution in [0.5, 0.6) is 0 Å². The van der Waals surface area contributed by atoms with Gasteiger partial charge < -0.3 is 10.0 Å². The van der Waals surface area contributed by atoms with Crippen molar-refractivity contribution in [2.24, 2.45) is 0 Å². The zero-order valence-electron chi connectivity index (χ0n) is 14.9. The van der Waals surface area contributed by atoms with Crippen LogP contribution in [0.15, 0.2) is 47.4 Å². The van der Waals surface area contributed by atoms with Crippen molar-refractivity contribution in [3.05, 3.63) is 64.1 Å². The van der Waals surface area contributed by atoms with E-state index in [0.29, 0.717) is 11.4 Å². The number of imide groups is 1. The summed E-state index contributed by atoms with van der Waals surface area (Å²) in [6.45, 7) is 2.25. The lowest BCUT2D eigenvalue weighted by Gasteiger charge is -2.14. The van der Waals surface area contributed by atoms with Crippen LogP contribution in [0.1, 0.15) is 16.7 Å². The number of hydrogen-bond donors (Lipinski definition) is 2. The molecule has 0 radical (unpaired) electrons. The number of nitrogens with one attached hydrogen (secondary N) is 1. The van der Waals surface area contributed by atoms with Gasteiger partial charge in [0.1, 0.15) is 0 Å². The molecule has 1 fully saturated rings. The summed E-state index contributed by atoms with van der Waals surface area (Å²) < 4.78 is 0. The zero-order chi connectivity index (χ0) is 19.6. The maximum absolute atomic E-state index is 11.7.